The number of imidazole rings is 1. The van der Waals surface area contributed by atoms with Gasteiger partial charge in [0.25, 0.3) is 5.56 Å². The molecule has 0 aliphatic heterocycles. The van der Waals surface area contributed by atoms with Crippen LogP contribution in [-0.2, 0) is 0 Å². The smallest absolute Gasteiger partial charge is 0.274 e. The summed E-state index contributed by atoms with van der Waals surface area (Å²) in [5.41, 5.74) is 2.28. The summed E-state index contributed by atoms with van der Waals surface area (Å²) in [6.45, 7) is 3.08. The Kier molecular flexibility index (Phi) is 6.03. The Morgan fingerprint density at radius 1 is 1.03 bits per heavy atom. The molecular formula is C26H21ClN2O3S. The van der Waals surface area contributed by atoms with Gasteiger partial charge in [0, 0.05) is 16.5 Å². The van der Waals surface area contributed by atoms with E-state index in [1.54, 1.807) is 10.5 Å². The molecule has 0 bridgehead atoms. The molecule has 3 aromatic carbocycles. The van der Waals surface area contributed by atoms with E-state index in [4.69, 9.17) is 21.1 Å². The van der Waals surface area contributed by atoms with Crippen molar-refractivity contribution in [2.24, 2.45) is 5.92 Å². The second-order valence-corrected chi connectivity index (χ2v) is 9.30. The molecule has 1 atom stereocenters. The van der Waals surface area contributed by atoms with Crippen molar-refractivity contribution in [1.29, 1.82) is 0 Å². The van der Waals surface area contributed by atoms with Crippen molar-refractivity contribution in [3.05, 3.63) is 98.3 Å². The maximum absolute atomic E-state index is 13.1. The number of hydrogen-bond acceptors (Lipinski definition) is 5. The zero-order valence-electron chi connectivity index (χ0n) is 17.9. The van der Waals surface area contributed by atoms with Crippen LogP contribution in [0.1, 0.15) is 12.5 Å². The standard InChI is InChI=1S/C26H21ClN2O3S/c1-17(15-31-20-7-3-2-4-8-20)16-32-23-12-11-19(27)13-18(23)14-24-25(30)29-22-10-6-5-9-21(22)28-26(29)33-24/h2-14,17H,15-16H2,1H3/b24-14-/t17-/m1/s1. The highest BCUT2D eigenvalue weighted by Crippen LogP contribution is 2.25. The third-order valence-electron chi connectivity index (χ3n) is 5.20. The van der Waals surface area contributed by atoms with Crippen molar-refractivity contribution < 1.29 is 9.47 Å². The SMILES string of the molecule is C[C@H](COc1ccccc1)COc1ccc(Cl)cc1/C=c1\sc2nc3ccccc3n2c1=O. The van der Waals surface area contributed by atoms with Crippen LogP contribution in [0.3, 0.4) is 0 Å². The maximum atomic E-state index is 13.1. The monoisotopic (exact) mass is 476 g/mol. The molecule has 0 radical (unpaired) electrons. The highest BCUT2D eigenvalue weighted by molar-refractivity contribution is 7.15. The second kappa shape index (κ2) is 9.25. The van der Waals surface area contributed by atoms with Crippen LogP contribution in [0.25, 0.3) is 22.1 Å². The molecule has 0 spiro atoms. The number of ether oxygens (including phenoxy) is 2. The number of para-hydroxylation sites is 3. The van der Waals surface area contributed by atoms with Crippen molar-refractivity contribution >= 4 is 45.0 Å². The summed E-state index contributed by atoms with van der Waals surface area (Å²) in [5.74, 6) is 1.67. The fourth-order valence-corrected chi connectivity index (χ4v) is 4.71. The van der Waals surface area contributed by atoms with Gasteiger partial charge in [0.2, 0.25) is 0 Å². The molecule has 166 valence electrons. The fourth-order valence-electron chi connectivity index (χ4n) is 3.55. The molecule has 5 aromatic rings. The lowest BCUT2D eigenvalue weighted by Gasteiger charge is -2.15. The number of halogens is 1. The lowest BCUT2D eigenvalue weighted by atomic mass is 10.2. The number of fused-ring (bicyclic) bond motifs is 3. The lowest BCUT2D eigenvalue weighted by Crippen LogP contribution is -2.23. The van der Waals surface area contributed by atoms with Crippen LogP contribution in [0.2, 0.25) is 5.02 Å². The Balaban J connectivity index is 1.39. The first kappa shape index (κ1) is 21.5. The van der Waals surface area contributed by atoms with E-state index in [9.17, 15) is 4.79 Å². The summed E-state index contributed by atoms with van der Waals surface area (Å²) in [6.07, 6.45) is 1.82. The molecular weight excluding hydrogens is 456 g/mol. The molecule has 0 saturated heterocycles. The van der Waals surface area contributed by atoms with Gasteiger partial charge in [-0.15, -0.1) is 0 Å². The third-order valence-corrected chi connectivity index (χ3v) is 6.41. The number of rotatable bonds is 7. The van der Waals surface area contributed by atoms with Crippen LogP contribution in [0, 0.1) is 5.92 Å². The summed E-state index contributed by atoms with van der Waals surface area (Å²) in [6, 6.07) is 22.8. The van der Waals surface area contributed by atoms with Crippen LogP contribution in [0.15, 0.2) is 77.6 Å². The predicted molar refractivity (Wildman–Crippen MR) is 134 cm³/mol. The number of thiazole rings is 1. The highest BCUT2D eigenvalue weighted by Gasteiger charge is 2.12. The Labute approximate surface area is 199 Å². The fraction of sp³-hybridized carbons (Fsp3) is 0.154. The number of aromatic nitrogens is 2. The van der Waals surface area contributed by atoms with Crippen LogP contribution in [0.4, 0.5) is 0 Å². The van der Waals surface area contributed by atoms with E-state index in [0.29, 0.717) is 33.5 Å². The first-order chi connectivity index (χ1) is 16.1. The van der Waals surface area contributed by atoms with Crippen molar-refractivity contribution in [3.63, 3.8) is 0 Å². The first-order valence-electron chi connectivity index (χ1n) is 10.6. The van der Waals surface area contributed by atoms with Crippen molar-refractivity contribution in [2.75, 3.05) is 13.2 Å². The van der Waals surface area contributed by atoms with E-state index >= 15 is 0 Å². The highest BCUT2D eigenvalue weighted by atomic mass is 35.5. The van der Waals surface area contributed by atoms with Crippen LogP contribution in [-0.4, -0.2) is 22.6 Å². The molecule has 0 unspecified atom stereocenters. The average Bonchev–Trinajstić information content (AvgIpc) is 3.34. The Morgan fingerprint density at radius 3 is 2.64 bits per heavy atom. The topological polar surface area (TPSA) is 52.8 Å². The molecule has 0 saturated carbocycles. The van der Waals surface area contributed by atoms with Gasteiger partial charge in [0.05, 0.1) is 28.8 Å². The summed E-state index contributed by atoms with van der Waals surface area (Å²) in [7, 11) is 0. The van der Waals surface area contributed by atoms with E-state index in [1.165, 1.54) is 11.3 Å². The molecule has 5 rings (SSSR count). The number of hydrogen-bond donors (Lipinski definition) is 0. The van der Waals surface area contributed by atoms with E-state index in [-0.39, 0.29) is 11.5 Å². The van der Waals surface area contributed by atoms with Gasteiger partial charge in [0.1, 0.15) is 11.5 Å². The molecule has 7 heteroatoms. The second-order valence-electron chi connectivity index (χ2n) is 7.86. The average molecular weight is 477 g/mol. The van der Waals surface area contributed by atoms with Gasteiger partial charge in [-0.1, -0.05) is 60.2 Å². The van der Waals surface area contributed by atoms with Crippen LogP contribution in [0.5, 0.6) is 11.5 Å². The van der Waals surface area contributed by atoms with Crippen LogP contribution >= 0.6 is 22.9 Å². The molecule has 0 aliphatic rings. The lowest BCUT2D eigenvalue weighted by molar-refractivity contribution is 0.188. The van der Waals surface area contributed by atoms with Gasteiger partial charge >= 0.3 is 0 Å². The molecule has 0 N–H and O–H groups in total. The zero-order valence-corrected chi connectivity index (χ0v) is 19.5. The third kappa shape index (κ3) is 4.58. The molecule has 2 heterocycles. The van der Waals surface area contributed by atoms with E-state index in [2.05, 4.69) is 11.9 Å². The van der Waals surface area contributed by atoms with Crippen molar-refractivity contribution in [3.8, 4) is 11.5 Å². The first-order valence-corrected chi connectivity index (χ1v) is 11.8. The molecule has 0 fully saturated rings. The largest absolute Gasteiger partial charge is 0.493 e. The van der Waals surface area contributed by atoms with Gasteiger partial charge < -0.3 is 9.47 Å². The van der Waals surface area contributed by atoms with Gasteiger partial charge in [-0.2, -0.15) is 0 Å². The van der Waals surface area contributed by atoms with E-state index in [1.807, 2.05) is 72.8 Å². The maximum Gasteiger partial charge on any atom is 0.274 e. The quantitative estimate of drug-likeness (QED) is 0.324. The molecule has 2 aromatic heterocycles. The summed E-state index contributed by atoms with van der Waals surface area (Å²) >= 11 is 7.61. The van der Waals surface area contributed by atoms with Crippen molar-refractivity contribution in [1.82, 2.24) is 9.38 Å². The normalized spacial score (nSPS) is 13.0. The number of benzene rings is 3. The Bertz CT molecular complexity index is 1530. The van der Waals surface area contributed by atoms with Crippen LogP contribution < -0.4 is 19.6 Å². The Hall–Kier alpha value is -3.35. The van der Waals surface area contributed by atoms with E-state index in [0.717, 1.165) is 22.3 Å². The molecule has 0 amide bonds. The summed E-state index contributed by atoms with van der Waals surface area (Å²) in [5, 5.41) is 0.577. The molecule has 5 nitrogen and oxygen atoms in total. The zero-order chi connectivity index (χ0) is 22.8. The predicted octanol–water partition coefficient (Wildman–Crippen LogP) is 5.20. The minimum absolute atomic E-state index is 0.0979. The van der Waals surface area contributed by atoms with Crippen molar-refractivity contribution in [2.45, 2.75) is 6.92 Å². The minimum Gasteiger partial charge on any atom is -0.493 e. The minimum atomic E-state index is -0.0979. The molecule has 33 heavy (non-hydrogen) atoms. The van der Waals surface area contributed by atoms with Gasteiger partial charge in [-0.3, -0.25) is 4.79 Å². The Morgan fingerprint density at radius 2 is 1.79 bits per heavy atom. The number of nitrogens with zero attached hydrogens (tertiary/aromatic N) is 2. The van der Waals surface area contributed by atoms with Gasteiger partial charge in [-0.05, 0) is 48.5 Å². The van der Waals surface area contributed by atoms with Gasteiger partial charge in [0.15, 0.2) is 4.96 Å². The summed E-state index contributed by atoms with van der Waals surface area (Å²) < 4.78 is 14.1. The molecule has 0 aliphatic carbocycles. The van der Waals surface area contributed by atoms with Gasteiger partial charge in [-0.25, -0.2) is 9.38 Å². The summed E-state index contributed by atoms with van der Waals surface area (Å²) in [4.78, 5) is 18.3. The van der Waals surface area contributed by atoms with E-state index < -0.39 is 0 Å².